The second kappa shape index (κ2) is 8.58. The highest BCUT2D eigenvalue weighted by atomic mass is 16.7. The molecule has 152 valence electrons. The molecule has 0 bridgehead atoms. The molecule has 4 rings (SSSR count). The van der Waals surface area contributed by atoms with Crippen LogP contribution in [-0.2, 0) is 4.79 Å². The lowest BCUT2D eigenvalue weighted by atomic mass is 9.97. The summed E-state index contributed by atoms with van der Waals surface area (Å²) in [5.41, 5.74) is 0. The van der Waals surface area contributed by atoms with Crippen molar-refractivity contribution >= 4 is 11.9 Å². The molecule has 0 aliphatic carbocycles. The van der Waals surface area contributed by atoms with Crippen molar-refractivity contribution in [3.05, 3.63) is 18.2 Å². The number of fused-ring (bicyclic) bond motifs is 1. The van der Waals surface area contributed by atoms with Gasteiger partial charge in [-0.25, -0.2) is 4.79 Å². The first-order valence-electron chi connectivity index (χ1n) is 10.0. The minimum absolute atomic E-state index is 0.00629. The Balaban J connectivity index is 1.19. The fraction of sp³-hybridized carbons (Fsp3) is 0.600. The topological polar surface area (TPSA) is 80.3 Å². The maximum atomic E-state index is 12.5. The van der Waals surface area contributed by atoms with Gasteiger partial charge in [0.25, 0.3) is 0 Å². The molecule has 0 aromatic heterocycles. The van der Waals surface area contributed by atoms with E-state index in [0.29, 0.717) is 36.9 Å². The molecular weight excluding hydrogens is 362 g/mol. The van der Waals surface area contributed by atoms with Crippen LogP contribution in [0, 0.1) is 5.92 Å². The summed E-state index contributed by atoms with van der Waals surface area (Å²) in [4.78, 5) is 28.8. The van der Waals surface area contributed by atoms with Crippen molar-refractivity contribution in [1.82, 2.24) is 15.1 Å². The van der Waals surface area contributed by atoms with E-state index < -0.39 is 0 Å². The molecule has 0 saturated carbocycles. The van der Waals surface area contributed by atoms with Gasteiger partial charge in [0.2, 0.25) is 12.7 Å². The van der Waals surface area contributed by atoms with Crippen molar-refractivity contribution in [3.63, 3.8) is 0 Å². The fourth-order valence-corrected chi connectivity index (χ4v) is 3.93. The third-order valence-corrected chi connectivity index (χ3v) is 5.45. The highest BCUT2D eigenvalue weighted by Crippen LogP contribution is 2.35. The summed E-state index contributed by atoms with van der Waals surface area (Å²) in [5.74, 6) is 1.91. The number of urea groups is 1. The van der Waals surface area contributed by atoms with Crippen molar-refractivity contribution in [2.45, 2.75) is 25.7 Å². The van der Waals surface area contributed by atoms with Gasteiger partial charge in [0.15, 0.2) is 11.5 Å². The van der Waals surface area contributed by atoms with Gasteiger partial charge in [-0.2, -0.15) is 0 Å². The number of carbonyl (C=O) groups is 2. The number of benzene rings is 1. The molecule has 3 aliphatic rings. The molecule has 1 unspecified atom stereocenters. The van der Waals surface area contributed by atoms with Gasteiger partial charge in [0, 0.05) is 32.2 Å². The largest absolute Gasteiger partial charge is 0.492 e. The van der Waals surface area contributed by atoms with Crippen molar-refractivity contribution in [3.8, 4) is 17.2 Å². The standard InChI is InChI=1S/C20H27N3O5/c24-19(15-4-3-10-23(13-15)20(25)22-8-1-2-9-22)21-7-11-26-16-5-6-17-18(12-16)28-14-27-17/h5-6,12,15H,1-4,7-11,13-14H2,(H,21,24). The lowest BCUT2D eigenvalue weighted by Gasteiger charge is -2.34. The average Bonchev–Trinajstić information content (AvgIpc) is 3.42. The molecule has 1 aromatic rings. The highest BCUT2D eigenvalue weighted by Gasteiger charge is 2.31. The number of ether oxygens (including phenoxy) is 3. The van der Waals surface area contributed by atoms with E-state index in [1.165, 1.54) is 0 Å². The van der Waals surface area contributed by atoms with Gasteiger partial charge < -0.3 is 29.3 Å². The van der Waals surface area contributed by atoms with Crippen LogP contribution < -0.4 is 19.5 Å². The van der Waals surface area contributed by atoms with Gasteiger partial charge in [0.1, 0.15) is 12.4 Å². The number of likely N-dealkylation sites (tertiary alicyclic amines) is 2. The second-order valence-corrected chi connectivity index (χ2v) is 7.42. The van der Waals surface area contributed by atoms with Crippen LogP contribution in [-0.4, -0.2) is 67.9 Å². The molecule has 8 heteroatoms. The number of nitrogens with one attached hydrogen (secondary N) is 1. The maximum absolute atomic E-state index is 12.5. The highest BCUT2D eigenvalue weighted by molar-refractivity contribution is 5.81. The average molecular weight is 389 g/mol. The lowest BCUT2D eigenvalue weighted by molar-refractivity contribution is -0.126. The van der Waals surface area contributed by atoms with E-state index in [2.05, 4.69) is 5.32 Å². The number of amides is 3. The monoisotopic (exact) mass is 389 g/mol. The predicted molar refractivity (Wildman–Crippen MR) is 102 cm³/mol. The van der Waals surface area contributed by atoms with E-state index in [9.17, 15) is 9.59 Å². The molecule has 3 amide bonds. The Morgan fingerprint density at radius 1 is 1.07 bits per heavy atom. The first-order chi connectivity index (χ1) is 13.7. The Labute approximate surface area is 164 Å². The third-order valence-electron chi connectivity index (χ3n) is 5.45. The number of hydrogen-bond acceptors (Lipinski definition) is 5. The molecule has 2 saturated heterocycles. The quantitative estimate of drug-likeness (QED) is 0.778. The predicted octanol–water partition coefficient (Wildman–Crippen LogP) is 1.84. The van der Waals surface area contributed by atoms with Crippen molar-refractivity contribution < 1.29 is 23.8 Å². The van der Waals surface area contributed by atoms with Crippen molar-refractivity contribution in [2.75, 3.05) is 46.1 Å². The number of carbonyl (C=O) groups excluding carboxylic acids is 2. The van der Waals surface area contributed by atoms with Crippen LogP contribution in [0.2, 0.25) is 0 Å². The van der Waals surface area contributed by atoms with E-state index >= 15 is 0 Å². The minimum Gasteiger partial charge on any atom is -0.492 e. The molecule has 3 heterocycles. The number of nitrogens with zero attached hydrogens (tertiary/aromatic N) is 2. The molecule has 0 radical (unpaired) electrons. The molecule has 1 N–H and O–H groups in total. The first kappa shape index (κ1) is 18.7. The van der Waals surface area contributed by atoms with Crippen LogP contribution in [0.1, 0.15) is 25.7 Å². The summed E-state index contributed by atoms with van der Waals surface area (Å²) in [7, 11) is 0. The van der Waals surface area contributed by atoms with Crippen LogP contribution in [0.25, 0.3) is 0 Å². The van der Waals surface area contributed by atoms with E-state index in [4.69, 9.17) is 14.2 Å². The molecule has 28 heavy (non-hydrogen) atoms. The summed E-state index contributed by atoms with van der Waals surface area (Å²) in [5, 5.41) is 2.93. The third kappa shape index (κ3) is 4.26. The van der Waals surface area contributed by atoms with Gasteiger partial charge in [-0.05, 0) is 37.8 Å². The summed E-state index contributed by atoms with van der Waals surface area (Å²) < 4.78 is 16.3. The van der Waals surface area contributed by atoms with Crippen LogP contribution in [0.15, 0.2) is 18.2 Å². The molecule has 0 spiro atoms. The second-order valence-electron chi connectivity index (χ2n) is 7.42. The van der Waals surface area contributed by atoms with Crippen LogP contribution >= 0.6 is 0 Å². The Bertz CT molecular complexity index is 720. The Hall–Kier alpha value is -2.64. The van der Waals surface area contributed by atoms with Gasteiger partial charge in [-0.3, -0.25) is 4.79 Å². The summed E-state index contributed by atoms with van der Waals surface area (Å²) in [6.07, 6.45) is 3.84. The number of piperidine rings is 1. The van der Waals surface area contributed by atoms with Crippen LogP contribution in [0.5, 0.6) is 17.2 Å². The molecular formula is C20H27N3O5. The van der Waals surface area contributed by atoms with E-state index in [1.54, 1.807) is 6.07 Å². The SMILES string of the molecule is O=C(NCCOc1ccc2c(c1)OCO2)C1CCCN(C(=O)N2CCCC2)C1. The van der Waals surface area contributed by atoms with E-state index in [0.717, 1.165) is 45.3 Å². The lowest BCUT2D eigenvalue weighted by Crippen LogP contribution is -2.49. The summed E-state index contributed by atoms with van der Waals surface area (Å²) in [6.45, 7) is 3.94. The van der Waals surface area contributed by atoms with Crippen molar-refractivity contribution in [2.24, 2.45) is 5.92 Å². The van der Waals surface area contributed by atoms with Gasteiger partial charge in [-0.15, -0.1) is 0 Å². The fourth-order valence-electron chi connectivity index (χ4n) is 3.93. The van der Waals surface area contributed by atoms with E-state index in [-0.39, 0.29) is 24.6 Å². The number of hydrogen-bond donors (Lipinski definition) is 1. The smallest absolute Gasteiger partial charge is 0.320 e. The molecule has 1 atom stereocenters. The zero-order chi connectivity index (χ0) is 19.3. The summed E-state index contributed by atoms with van der Waals surface area (Å²) >= 11 is 0. The Morgan fingerprint density at radius 2 is 1.86 bits per heavy atom. The normalized spacial score (nSPS) is 20.9. The minimum atomic E-state index is -0.147. The van der Waals surface area contributed by atoms with E-state index in [1.807, 2.05) is 21.9 Å². The van der Waals surface area contributed by atoms with Crippen LogP contribution in [0.4, 0.5) is 4.79 Å². The van der Waals surface area contributed by atoms with Gasteiger partial charge in [-0.1, -0.05) is 0 Å². The molecule has 3 aliphatic heterocycles. The summed E-state index contributed by atoms with van der Waals surface area (Å²) in [6, 6.07) is 5.50. The molecule has 2 fully saturated rings. The van der Waals surface area contributed by atoms with Crippen LogP contribution in [0.3, 0.4) is 0 Å². The zero-order valence-corrected chi connectivity index (χ0v) is 16.0. The zero-order valence-electron chi connectivity index (χ0n) is 16.0. The molecule has 8 nitrogen and oxygen atoms in total. The first-order valence-corrected chi connectivity index (χ1v) is 10.0. The van der Waals surface area contributed by atoms with Gasteiger partial charge >= 0.3 is 6.03 Å². The van der Waals surface area contributed by atoms with Gasteiger partial charge in [0.05, 0.1) is 12.5 Å². The maximum Gasteiger partial charge on any atom is 0.320 e. The number of rotatable bonds is 5. The molecule has 1 aromatic carbocycles. The van der Waals surface area contributed by atoms with Crippen molar-refractivity contribution in [1.29, 1.82) is 0 Å². The Kier molecular flexibility index (Phi) is 5.73. The Morgan fingerprint density at radius 3 is 2.71 bits per heavy atom.